The third-order valence-corrected chi connectivity index (χ3v) is 6.67. The molecule has 0 atom stereocenters. The molecule has 2 aliphatic heterocycles. The normalized spacial score (nSPS) is 16.8. The van der Waals surface area contributed by atoms with Gasteiger partial charge >= 0.3 is 0 Å². The summed E-state index contributed by atoms with van der Waals surface area (Å²) in [5, 5.41) is 16.9. The van der Waals surface area contributed by atoms with Gasteiger partial charge in [-0.25, -0.2) is 0 Å². The summed E-state index contributed by atoms with van der Waals surface area (Å²) in [6.45, 7) is 5.29. The van der Waals surface area contributed by atoms with Crippen LogP contribution in [-0.4, -0.2) is 38.1 Å². The minimum absolute atomic E-state index is 0.0631. The molecule has 5 rings (SSSR count). The highest BCUT2D eigenvalue weighted by Crippen LogP contribution is 2.31. The molecule has 0 aliphatic carbocycles. The van der Waals surface area contributed by atoms with Gasteiger partial charge in [0.15, 0.2) is 5.84 Å². The van der Waals surface area contributed by atoms with Crippen molar-refractivity contribution < 1.29 is 9.53 Å². The Labute approximate surface area is 202 Å². The molecule has 0 fully saturated rings. The number of aromatic nitrogens is 1. The number of fused-ring (bicyclic) bond motifs is 2. The lowest BCUT2D eigenvalue weighted by Gasteiger charge is -2.20. The Morgan fingerprint density at radius 2 is 1.94 bits per heavy atom. The predicted molar refractivity (Wildman–Crippen MR) is 139 cm³/mol. The van der Waals surface area contributed by atoms with E-state index in [-0.39, 0.29) is 11.4 Å². The SMILES string of the molecule is CCCC1=NN2C(=N)/C(=C/c3cn(CCOc4ccc(C)cc4)c4ccccc34)C(=O)N=C2S1. The van der Waals surface area contributed by atoms with E-state index in [0.717, 1.165) is 40.1 Å². The maximum absolute atomic E-state index is 12.8. The Morgan fingerprint density at radius 3 is 2.74 bits per heavy atom. The molecule has 8 heteroatoms. The van der Waals surface area contributed by atoms with Crippen LogP contribution in [0.2, 0.25) is 0 Å². The standard InChI is InChI=1S/C26H25N5O2S/c1-3-6-23-29-31-24(27)21(25(32)28-26(31)34-23)15-18-16-30(22-8-5-4-7-20(18)22)13-14-33-19-11-9-17(2)10-12-19/h4-5,7-12,15-16,27H,3,6,13-14H2,1-2H3/b21-15-,27-24?. The zero-order valence-electron chi connectivity index (χ0n) is 19.1. The lowest BCUT2D eigenvalue weighted by atomic mass is 10.1. The van der Waals surface area contributed by atoms with Crippen molar-refractivity contribution in [2.24, 2.45) is 10.1 Å². The van der Waals surface area contributed by atoms with E-state index < -0.39 is 5.91 Å². The number of nitrogens with zero attached hydrogens (tertiary/aromatic N) is 4. The summed E-state index contributed by atoms with van der Waals surface area (Å²) in [4.78, 5) is 17.0. The summed E-state index contributed by atoms with van der Waals surface area (Å²) >= 11 is 1.37. The van der Waals surface area contributed by atoms with Crippen LogP contribution in [0.4, 0.5) is 0 Å². The number of amides is 1. The summed E-state index contributed by atoms with van der Waals surface area (Å²) in [5.74, 6) is 0.496. The minimum atomic E-state index is -0.406. The topological polar surface area (TPSA) is 83.0 Å². The molecule has 34 heavy (non-hydrogen) atoms. The van der Waals surface area contributed by atoms with E-state index in [0.29, 0.717) is 18.3 Å². The number of aliphatic imine (C=N–C) groups is 1. The van der Waals surface area contributed by atoms with Gasteiger partial charge in [-0.05, 0) is 55.8 Å². The average molecular weight is 472 g/mol. The molecule has 172 valence electrons. The fraction of sp³-hybridized carbons (Fsp3) is 0.231. The average Bonchev–Trinajstić information content (AvgIpc) is 3.39. The summed E-state index contributed by atoms with van der Waals surface area (Å²) < 4.78 is 8.03. The molecule has 0 saturated heterocycles. The largest absolute Gasteiger partial charge is 0.492 e. The Hall–Kier alpha value is -3.65. The smallest absolute Gasteiger partial charge is 0.283 e. The van der Waals surface area contributed by atoms with Crippen LogP contribution in [-0.2, 0) is 11.3 Å². The van der Waals surface area contributed by atoms with E-state index >= 15 is 0 Å². The van der Waals surface area contributed by atoms with Gasteiger partial charge in [0.05, 0.1) is 12.1 Å². The maximum Gasteiger partial charge on any atom is 0.283 e. The Kier molecular flexibility index (Phi) is 6.06. The molecule has 2 aliphatic rings. The molecule has 2 aromatic carbocycles. The molecule has 1 amide bonds. The number of thioether (sulfide) groups is 1. The monoisotopic (exact) mass is 471 g/mol. The van der Waals surface area contributed by atoms with Crippen molar-refractivity contribution in [3.8, 4) is 5.75 Å². The number of carbonyl (C=O) groups excluding carboxylic acids is 1. The van der Waals surface area contributed by atoms with Crippen LogP contribution in [0, 0.1) is 12.3 Å². The molecule has 1 N–H and O–H groups in total. The van der Waals surface area contributed by atoms with Gasteiger partial charge in [-0.15, -0.1) is 0 Å². The van der Waals surface area contributed by atoms with Crippen LogP contribution in [0.1, 0.15) is 30.9 Å². The summed E-state index contributed by atoms with van der Waals surface area (Å²) in [6, 6.07) is 16.0. The van der Waals surface area contributed by atoms with Crippen LogP contribution in [0.5, 0.6) is 5.75 Å². The number of rotatable bonds is 7. The Balaban J connectivity index is 1.41. The first-order valence-corrected chi connectivity index (χ1v) is 12.1. The quantitative estimate of drug-likeness (QED) is 0.465. The van der Waals surface area contributed by atoms with Crippen molar-refractivity contribution >= 4 is 50.7 Å². The van der Waals surface area contributed by atoms with Gasteiger partial charge in [0.25, 0.3) is 5.91 Å². The van der Waals surface area contributed by atoms with E-state index in [9.17, 15) is 4.79 Å². The summed E-state index contributed by atoms with van der Waals surface area (Å²) in [5.41, 5.74) is 3.34. The number of carbonyl (C=O) groups is 1. The first kappa shape index (κ1) is 22.2. The molecule has 0 radical (unpaired) electrons. The van der Waals surface area contributed by atoms with Gasteiger partial charge in [0.2, 0.25) is 5.17 Å². The van der Waals surface area contributed by atoms with Gasteiger partial charge in [0.1, 0.15) is 17.4 Å². The second-order valence-electron chi connectivity index (χ2n) is 8.22. The van der Waals surface area contributed by atoms with Crippen LogP contribution < -0.4 is 4.74 Å². The number of hydrogen-bond acceptors (Lipinski definition) is 5. The van der Waals surface area contributed by atoms with Gasteiger partial charge in [-0.1, -0.05) is 42.8 Å². The zero-order chi connectivity index (χ0) is 23.7. The molecule has 1 aromatic heterocycles. The van der Waals surface area contributed by atoms with Crippen molar-refractivity contribution in [1.29, 1.82) is 5.41 Å². The third kappa shape index (κ3) is 4.28. The van der Waals surface area contributed by atoms with E-state index in [1.54, 1.807) is 6.08 Å². The molecule has 0 saturated carbocycles. The highest BCUT2D eigenvalue weighted by molar-refractivity contribution is 8.26. The highest BCUT2D eigenvalue weighted by Gasteiger charge is 2.35. The number of para-hydroxylation sites is 1. The number of nitrogens with one attached hydrogen (secondary N) is 1. The number of benzene rings is 2. The maximum atomic E-state index is 12.8. The number of hydrogen-bond donors (Lipinski definition) is 1. The molecule has 0 unspecified atom stereocenters. The molecular formula is C26H25N5O2S. The second-order valence-corrected chi connectivity index (χ2v) is 9.26. The minimum Gasteiger partial charge on any atom is -0.492 e. The zero-order valence-corrected chi connectivity index (χ0v) is 19.9. The van der Waals surface area contributed by atoms with Gasteiger partial charge in [-0.2, -0.15) is 15.1 Å². The lowest BCUT2D eigenvalue weighted by molar-refractivity contribution is -0.114. The number of hydrazone groups is 1. The van der Waals surface area contributed by atoms with Crippen molar-refractivity contribution in [3.63, 3.8) is 0 Å². The van der Waals surface area contributed by atoms with Gasteiger partial charge in [-0.3, -0.25) is 10.2 Å². The van der Waals surface area contributed by atoms with Crippen LogP contribution >= 0.6 is 11.8 Å². The van der Waals surface area contributed by atoms with E-state index in [1.165, 1.54) is 22.3 Å². The third-order valence-electron chi connectivity index (χ3n) is 5.70. The number of aryl methyl sites for hydroxylation is 1. The molecule has 3 heterocycles. The Bertz CT molecular complexity index is 1370. The fourth-order valence-electron chi connectivity index (χ4n) is 3.97. The van der Waals surface area contributed by atoms with Crippen LogP contribution in [0.15, 0.2) is 70.4 Å². The second kappa shape index (κ2) is 9.30. The van der Waals surface area contributed by atoms with Crippen LogP contribution in [0.25, 0.3) is 17.0 Å². The number of amidine groups is 2. The van der Waals surface area contributed by atoms with Gasteiger partial charge < -0.3 is 9.30 Å². The summed E-state index contributed by atoms with van der Waals surface area (Å²) in [7, 11) is 0. The summed E-state index contributed by atoms with van der Waals surface area (Å²) in [6.07, 6.45) is 5.51. The lowest BCUT2D eigenvalue weighted by Crippen LogP contribution is -2.35. The number of ether oxygens (including phenoxy) is 1. The molecular weight excluding hydrogens is 446 g/mol. The molecule has 0 bridgehead atoms. The first-order valence-electron chi connectivity index (χ1n) is 11.3. The molecule has 3 aromatic rings. The van der Waals surface area contributed by atoms with Crippen molar-refractivity contribution in [2.75, 3.05) is 6.61 Å². The van der Waals surface area contributed by atoms with Crippen LogP contribution in [0.3, 0.4) is 0 Å². The van der Waals surface area contributed by atoms with Crippen molar-refractivity contribution in [3.05, 3.63) is 71.4 Å². The molecule has 0 spiro atoms. The van der Waals surface area contributed by atoms with Crippen molar-refractivity contribution in [1.82, 2.24) is 9.58 Å². The van der Waals surface area contributed by atoms with Crippen molar-refractivity contribution in [2.45, 2.75) is 33.2 Å². The van der Waals surface area contributed by atoms with E-state index in [4.69, 9.17) is 10.1 Å². The Morgan fingerprint density at radius 1 is 1.15 bits per heavy atom. The van der Waals surface area contributed by atoms with Gasteiger partial charge in [0, 0.05) is 22.7 Å². The predicted octanol–water partition coefficient (Wildman–Crippen LogP) is 5.45. The van der Waals surface area contributed by atoms with E-state index in [1.807, 2.05) is 61.7 Å². The van der Waals surface area contributed by atoms with E-state index in [2.05, 4.69) is 21.6 Å². The highest BCUT2D eigenvalue weighted by atomic mass is 32.2. The molecule has 7 nitrogen and oxygen atoms in total. The fourth-order valence-corrected chi connectivity index (χ4v) is 4.96. The first-order chi connectivity index (χ1) is 16.5.